The molecule has 2 aromatic carbocycles. The van der Waals surface area contributed by atoms with E-state index in [1.54, 1.807) is 36.0 Å². The van der Waals surface area contributed by atoms with E-state index in [-0.39, 0.29) is 17.4 Å². The maximum absolute atomic E-state index is 12.3. The van der Waals surface area contributed by atoms with Gasteiger partial charge in [-0.2, -0.15) is 0 Å². The first kappa shape index (κ1) is 15.2. The van der Waals surface area contributed by atoms with Gasteiger partial charge in [0, 0.05) is 11.0 Å². The number of thioether (sulfide) groups is 1. The summed E-state index contributed by atoms with van der Waals surface area (Å²) in [5, 5.41) is 16.4. The maximum atomic E-state index is 12.3. The van der Waals surface area contributed by atoms with Crippen LogP contribution in [0, 0.1) is 0 Å². The fourth-order valence-corrected chi connectivity index (χ4v) is 2.68. The van der Waals surface area contributed by atoms with Crippen molar-refractivity contribution in [3.8, 4) is 17.1 Å². The standard InChI is InChI=1S/C17H14N2O3S/c1-23-16-9-5-3-7-12(16)18-17(21)13-10-15(22-19-13)11-6-2-4-8-14(11)20/h2-10,20H,1H3,(H,18,21). The van der Waals surface area contributed by atoms with Gasteiger partial charge in [-0.25, -0.2) is 0 Å². The third-order valence-corrected chi connectivity index (χ3v) is 4.06. The van der Waals surface area contributed by atoms with Crippen LogP contribution in [0.15, 0.2) is 64.0 Å². The predicted molar refractivity (Wildman–Crippen MR) is 89.8 cm³/mol. The number of rotatable bonds is 4. The lowest BCUT2D eigenvalue weighted by Crippen LogP contribution is -2.12. The summed E-state index contributed by atoms with van der Waals surface area (Å²) in [6.45, 7) is 0. The average Bonchev–Trinajstić information content (AvgIpc) is 3.05. The summed E-state index contributed by atoms with van der Waals surface area (Å²) >= 11 is 1.55. The monoisotopic (exact) mass is 326 g/mol. The number of phenols is 1. The van der Waals surface area contributed by atoms with Crippen LogP contribution in [-0.4, -0.2) is 22.4 Å². The second kappa shape index (κ2) is 6.58. The van der Waals surface area contributed by atoms with Crippen molar-refractivity contribution in [1.82, 2.24) is 5.16 Å². The molecule has 0 aliphatic rings. The summed E-state index contributed by atoms with van der Waals surface area (Å²) in [7, 11) is 0. The molecule has 0 fully saturated rings. The fraction of sp³-hybridized carbons (Fsp3) is 0.0588. The van der Waals surface area contributed by atoms with Crippen molar-refractivity contribution in [1.29, 1.82) is 0 Å². The second-order valence-electron chi connectivity index (χ2n) is 4.75. The number of para-hydroxylation sites is 2. The van der Waals surface area contributed by atoms with Crippen LogP contribution in [-0.2, 0) is 0 Å². The number of nitrogens with zero attached hydrogens (tertiary/aromatic N) is 1. The number of carbonyl (C=O) groups is 1. The number of amides is 1. The minimum Gasteiger partial charge on any atom is -0.507 e. The molecule has 0 unspecified atom stereocenters. The van der Waals surface area contributed by atoms with Gasteiger partial charge in [0.05, 0.1) is 11.3 Å². The van der Waals surface area contributed by atoms with E-state index < -0.39 is 0 Å². The molecule has 1 amide bonds. The number of carbonyl (C=O) groups excluding carboxylic acids is 1. The molecule has 23 heavy (non-hydrogen) atoms. The van der Waals surface area contributed by atoms with E-state index in [0.717, 1.165) is 10.6 Å². The maximum Gasteiger partial charge on any atom is 0.277 e. The van der Waals surface area contributed by atoms with Crippen LogP contribution < -0.4 is 5.32 Å². The number of aromatic nitrogens is 1. The Hall–Kier alpha value is -2.73. The smallest absolute Gasteiger partial charge is 0.277 e. The molecule has 1 aromatic heterocycles. The summed E-state index contributed by atoms with van der Waals surface area (Å²) < 4.78 is 5.17. The number of hydrogen-bond donors (Lipinski definition) is 2. The Morgan fingerprint density at radius 1 is 1.17 bits per heavy atom. The van der Waals surface area contributed by atoms with Crippen molar-refractivity contribution in [2.45, 2.75) is 4.90 Å². The Balaban J connectivity index is 1.83. The van der Waals surface area contributed by atoms with Gasteiger partial charge in [0.2, 0.25) is 0 Å². The fourth-order valence-electron chi connectivity index (χ4n) is 2.13. The lowest BCUT2D eigenvalue weighted by Gasteiger charge is -2.07. The van der Waals surface area contributed by atoms with Gasteiger partial charge in [-0.3, -0.25) is 4.79 Å². The average molecular weight is 326 g/mol. The molecule has 3 aromatic rings. The van der Waals surface area contributed by atoms with Gasteiger partial charge in [0.15, 0.2) is 11.5 Å². The number of phenolic OH excluding ortho intramolecular Hbond substituents is 1. The first-order valence-electron chi connectivity index (χ1n) is 6.88. The summed E-state index contributed by atoms with van der Waals surface area (Å²) in [6, 6.07) is 15.7. The van der Waals surface area contributed by atoms with Gasteiger partial charge in [0.25, 0.3) is 5.91 Å². The molecule has 0 saturated carbocycles. The second-order valence-corrected chi connectivity index (χ2v) is 5.60. The Labute approximate surface area is 137 Å². The Bertz CT molecular complexity index is 845. The van der Waals surface area contributed by atoms with Crippen LogP contribution in [0.1, 0.15) is 10.5 Å². The molecule has 6 heteroatoms. The molecule has 1 heterocycles. The zero-order chi connectivity index (χ0) is 16.2. The van der Waals surface area contributed by atoms with E-state index in [2.05, 4.69) is 10.5 Å². The van der Waals surface area contributed by atoms with Gasteiger partial charge >= 0.3 is 0 Å². The van der Waals surface area contributed by atoms with Crippen LogP contribution >= 0.6 is 11.8 Å². The van der Waals surface area contributed by atoms with Crippen LogP contribution in [0.2, 0.25) is 0 Å². The molecule has 3 rings (SSSR count). The van der Waals surface area contributed by atoms with E-state index >= 15 is 0 Å². The van der Waals surface area contributed by atoms with Gasteiger partial charge in [-0.1, -0.05) is 29.4 Å². The minimum absolute atomic E-state index is 0.0725. The number of hydrogen-bond acceptors (Lipinski definition) is 5. The predicted octanol–water partition coefficient (Wildman–Crippen LogP) is 4.02. The van der Waals surface area contributed by atoms with E-state index in [4.69, 9.17) is 4.52 Å². The highest BCUT2D eigenvalue weighted by atomic mass is 32.2. The number of anilines is 1. The van der Waals surface area contributed by atoms with Crippen molar-refractivity contribution < 1.29 is 14.4 Å². The van der Waals surface area contributed by atoms with Crippen molar-refractivity contribution >= 4 is 23.4 Å². The molecule has 2 N–H and O–H groups in total. The molecule has 0 atom stereocenters. The van der Waals surface area contributed by atoms with Gasteiger partial charge in [0.1, 0.15) is 5.75 Å². The lowest BCUT2D eigenvalue weighted by atomic mass is 10.1. The molecule has 0 radical (unpaired) electrons. The topological polar surface area (TPSA) is 75.4 Å². The van der Waals surface area contributed by atoms with Crippen molar-refractivity contribution in [3.63, 3.8) is 0 Å². The van der Waals surface area contributed by atoms with E-state index in [9.17, 15) is 9.90 Å². The molecule has 0 aliphatic carbocycles. The molecule has 0 aliphatic heterocycles. The van der Waals surface area contributed by atoms with Crippen LogP contribution in [0.4, 0.5) is 5.69 Å². The summed E-state index contributed by atoms with van der Waals surface area (Å²) in [4.78, 5) is 13.3. The van der Waals surface area contributed by atoms with Crippen LogP contribution in [0.5, 0.6) is 5.75 Å². The third kappa shape index (κ3) is 3.22. The van der Waals surface area contributed by atoms with Gasteiger partial charge in [-0.05, 0) is 30.5 Å². The van der Waals surface area contributed by atoms with E-state index in [0.29, 0.717) is 11.3 Å². The van der Waals surface area contributed by atoms with E-state index in [1.807, 2.05) is 30.5 Å². The number of benzene rings is 2. The minimum atomic E-state index is -0.364. The molecule has 0 spiro atoms. The summed E-state index contributed by atoms with van der Waals surface area (Å²) in [5.41, 5.74) is 1.36. The lowest BCUT2D eigenvalue weighted by molar-refractivity contribution is 0.101. The number of aromatic hydroxyl groups is 1. The molecular weight excluding hydrogens is 312 g/mol. The largest absolute Gasteiger partial charge is 0.507 e. The molecule has 116 valence electrons. The van der Waals surface area contributed by atoms with Gasteiger partial charge < -0.3 is 14.9 Å². The van der Waals surface area contributed by atoms with Crippen molar-refractivity contribution in [3.05, 3.63) is 60.3 Å². The summed E-state index contributed by atoms with van der Waals surface area (Å²) in [6.07, 6.45) is 1.94. The molecule has 5 nitrogen and oxygen atoms in total. The normalized spacial score (nSPS) is 10.5. The highest BCUT2D eigenvalue weighted by molar-refractivity contribution is 7.98. The first-order chi connectivity index (χ1) is 11.2. The highest BCUT2D eigenvalue weighted by Crippen LogP contribution is 2.29. The van der Waals surface area contributed by atoms with Crippen molar-refractivity contribution in [2.75, 3.05) is 11.6 Å². The molecular formula is C17H14N2O3S. The molecule has 0 bridgehead atoms. The van der Waals surface area contributed by atoms with Crippen LogP contribution in [0.3, 0.4) is 0 Å². The first-order valence-corrected chi connectivity index (χ1v) is 8.11. The van der Waals surface area contributed by atoms with E-state index in [1.165, 1.54) is 6.07 Å². The Morgan fingerprint density at radius 3 is 2.70 bits per heavy atom. The summed E-state index contributed by atoms with van der Waals surface area (Å²) in [5.74, 6) is 0.0478. The third-order valence-electron chi connectivity index (χ3n) is 3.27. The Morgan fingerprint density at radius 2 is 1.91 bits per heavy atom. The number of nitrogens with one attached hydrogen (secondary N) is 1. The highest BCUT2D eigenvalue weighted by Gasteiger charge is 2.16. The molecule has 0 saturated heterocycles. The van der Waals surface area contributed by atoms with Crippen molar-refractivity contribution in [2.24, 2.45) is 0 Å². The Kier molecular flexibility index (Phi) is 4.34. The van der Waals surface area contributed by atoms with Gasteiger partial charge in [-0.15, -0.1) is 11.8 Å². The SMILES string of the molecule is CSc1ccccc1NC(=O)c1cc(-c2ccccc2O)on1. The van der Waals surface area contributed by atoms with Crippen LogP contribution in [0.25, 0.3) is 11.3 Å². The zero-order valence-electron chi connectivity index (χ0n) is 12.3. The quantitative estimate of drug-likeness (QED) is 0.708. The zero-order valence-corrected chi connectivity index (χ0v) is 13.1.